The van der Waals surface area contributed by atoms with Crippen LogP contribution in [0.3, 0.4) is 0 Å². The maximum atomic E-state index is 12.8. The van der Waals surface area contributed by atoms with Crippen molar-refractivity contribution in [2.24, 2.45) is 11.8 Å². The highest BCUT2D eigenvalue weighted by Crippen LogP contribution is 2.16. The minimum absolute atomic E-state index is 0.122. The van der Waals surface area contributed by atoms with E-state index in [1.54, 1.807) is 6.08 Å². The number of rotatable bonds is 21. The van der Waals surface area contributed by atoms with Gasteiger partial charge in [0.25, 0.3) is 5.91 Å². The Balaban J connectivity index is 2.36. The van der Waals surface area contributed by atoms with Crippen molar-refractivity contribution in [3.05, 3.63) is 12.2 Å². The van der Waals surface area contributed by atoms with Gasteiger partial charge in [-0.15, -0.1) is 0 Å². The van der Waals surface area contributed by atoms with Crippen LogP contribution in [0.4, 0.5) is 0 Å². The summed E-state index contributed by atoms with van der Waals surface area (Å²) in [6.45, 7) is 8.47. The molecule has 0 saturated carbocycles. The van der Waals surface area contributed by atoms with Gasteiger partial charge in [-0.2, -0.15) is 0 Å². The molecule has 0 aliphatic carbocycles. The maximum absolute atomic E-state index is 12.8. The number of carbonyl (C=O) groups is 3. The Morgan fingerprint density at radius 3 is 2.07 bits per heavy atom. The largest absolute Gasteiger partial charge is 0.460 e. The summed E-state index contributed by atoms with van der Waals surface area (Å²) in [5, 5.41) is 36.1. The van der Waals surface area contributed by atoms with Gasteiger partial charge in [-0.1, -0.05) is 97.6 Å². The van der Waals surface area contributed by atoms with E-state index in [2.05, 4.69) is 24.5 Å². The van der Waals surface area contributed by atoms with Gasteiger partial charge >= 0.3 is 5.97 Å². The van der Waals surface area contributed by atoms with E-state index in [9.17, 15) is 29.7 Å². The molecule has 0 aromatic rings. The lowest BCUT2D eigenvalue weighted by Gasteiger charge is -2.28. The third-order valence-corrected chi connectivity index (χ3v) is 7.59. The quantitative estimate of drug-likeness (QED) is 0.0764. The highest BCUT2D eigenvalue weighted by atomic mass is 16.5. The van der Waals surface area contributed by atoms with E-state index >= 15 is 0 Å². The van der Waals surface area contributed by atoms with Crippen molar-refractivity contribution in [1.82, 2.24) is 10.6 Å². The first-order valence-electron chi connectivity index (χ1n) is 16.0. The number of nitrogens with one attached hydrogen (secondary N) is 2. The summed E-state index contributed by atoms with van der Waals surface area (Å²) in [5.41, 5.74) is 0. The van der Waals surface area contributed by atoms with Gasteiger partial charge in [0.2, 0.25) is 5.91 Å². The molecule has 0 bridgehead atoms. The molecular formula is C32H58N2O8. The summed E-state index contributed by atoms with van der Waals surface area (Å²) < 4.78 is 10.7. The first-order chi connectivity index (χ1) is 20.0. The summed E-state index contributed by atoms with van der Waals surface area (Å²) in [4.78, 5) is 37.8. The van der Waals surface area contributed by atoms with Gasteiger partial charge in [0, 0.05) is 13.5 Å². The molecule has 42 heavy (non-hydrogen) atoms. The molecule has 244 valence electrons. The molecule has 2 amide bonds. The van der Waals surface area contributed by atoms with E-state index in [0.29, 0.717) is 12.8 Å². The highest BCUT2D eigenvalue weighted by molar-refractivity contribution is 5.89. The number of hydrogen-bond donors (Lipinski definition) is 5. The summed E-state index contributed by atoms with van der Waals surface area (Å²) >= 11 is 0. The van der Waals surface area contributed by atoms with Crippen molar-refractivity contribution >= 4 is 17.8 Å². The van der Waals surface area contributed by atoms with Gasteiger partial charge in [0.1, 0.15) is 30.5 Å². The molecule has 10 nitrogen and oxygen atoms in total. The Morgan fingerprint density at radius 1 is 0.905 bits per heavy atom. The van der Waals surface area contributed by atoms with Crippen LogP contribution in [0.25, 0.3) is 0 Å². The molecule has 0 unspecified atom stereocenters. The van der Waals surface area contributed by atoms with E-state index in [1.165, 1.54) is 58.1 Å². The zero-order valence-electron chi connectivity index (χ0n) is 26.6. The van der Waals surface area contributed by atoms with Crippen LogP contribution in [0, 0.1) is 11.8 Å². The fraction of sp³-hybridized carbons (Fsp3) is 0.844. The fourth-order valence-electron chi connectivity index (χ4n) is 4.95. The van der Waals surface area contributed by atoms with Crippen LogP contribution in [0.15, 0.2) is 12.2 Å². The highest BCUT2D eigenvalue weighted by Gasteiger charge is 2.37. The minimum Gasteiger partial charge on any atom is -0.460 e. The lowest BCUT2D eigenvalue weighted by Crippen LogP contribution is -2.55. The number of aliphatic hydroxyl groups excluding tert-OH is 3. The molecule has 6 atom stereocenters. The van der Waals surface area contributed by atoms with Crippen LogP contribution in [0.2, 0.25) is 0 Å². The lowest BCUT2D eigenvalue weighted by molar-refractivity contribution is -0.151. The standard InChI is InChI=1S/C32H58N2O8/c1-22(2)15-13-11-9-7-6-8-10-12-14-16-27(36)42-24-18-19-25(31(39)33-21-24)34-32(40)30(41-5)29(38)28(37)26(35)20-17-23(3)4/h17,20,22-26,28-30,35,37-38H,6-16,18-19,21H2,1-5H3,(H,33,39)(H,34,40)/b20-17+/t24-,25-,26+,28-,29+,30+/m0/s1. The van der Waals surface area contributed by atoms with Gasteiger partial charge in [-0.05, 0) is 31.1 Å². The van der Waals surface area contributed by atoms with E-state index in [0.717, 1.165) is 25.2 Å². The molecule has 0 aromatic carbocycles. The molecule has 10 heteroatoms. The maximum Gasteiger partial charge on any atom is 0.306 e. The predicted octanol–water partition coefficient (Wildman–Crippen LogP) is 3.55. The number of esters is 1. The number of amides is 2. The van der Waals surface area contributed by atoms with Crippen LogP contribution in [0.1, 0.15) is 111 Å². The average Bonchev–Trinajstić information content (AvgIpc) is 3.10. The number of allylic oxidation sites excluding steroid dienone is 1. The van der Waals surface area contributed by atoms with E-state index in [1.807, 2.05) is 13.8 Å². The Kier molecular flexibility index (Phi) is 19.6. The fourth-order valence-corrected chi connectivity index (χ4v) is 4.95. The van der Waals surface area contributed by atoms with E-state index in [4.69, 9.17) is 9.47 Å². The van der Waals surface area contributed by atoms with Crippen LogP contribution >= 0.6 is 0 Å². The monoisotopic (exact) mass is 598 g/mol. The zero-order valence-corrected chi connectivity index (χ0v) is 26.6. The number of methoxy groups -OCH3 is 1. The zero-order chi connectivity index (χ0) is 31.5. The first kappa shape index (κ1) is 38.0. The molecule has 1 aliphatic heterocycles. The predicted molar refractivity (Wildman–Crippen MR) is 162 cm³/mol. The van der Waals surface area contributed by atoms with Crippen molar-refractivity contribution in [2.45, 2.75) is 148 Å². The van der Waals surface area contributed by atoms with Crippen LogP contribution < -0.4 is 10.6 Å². The van der Waals surface area contributed by atoms with Crippen molar-refractivity contribution in [1.29, 1.82) is 0 Å². The van der Waals surface area contributed by atoms with E-state index in [-0.39, 0.29) is 24.9 Å². The van der Waals surface area contributed by atoms with Gasteiger partial charge < -0.3 is 35.4 Å². The SMILES string of the molecule is CO[C@@H](C(=O)N[C@H]1CC[C@H](OC(=O)CCCCCCCCCCCC(C)C)CNC1=O)[C@H](O)[C@@H](O)[C@H](O)/C=C/C(C)C. The summed E-state index contributed by atoms with van der Waals surface area (Å²) in [5.74, 6) is -0.615. The molecule has 1 fully saturated rings. The number of aliphatic hydroxyl groups is 3. The summed E-state index contributed by atoms with van der Waals surface area (Å²) in [7, 11) is 1.19. The number of carbonyl (C=O) groups excluding carboxylic acids is 3. The molecular weight excluding hydrogens is 540 g/mol. The Bertz CT molecular complexity index is 803. The topological polar surface area (TPSA) is 154 Å². The molecule has 1 rings (SSSR count). The molecule has 5 N–H and O–H groups in total. The van der Waals surface area contributed by atoms with Crippen molar-refractivity contribution < 1.29 is 39.2 Å². The minimum atomic E-state index is -1.73. The second-order valence-corrected chi connectivity index (χ2v) is 12.4. The van der Waals surface area contributed by atoms with Crippen LogP contribution in [-0.2, 0) is 23.9 Å². The van der Waals surface area contributed by atoms with Crippen LogP contribution in [0.5, 0.6) is 0 Å². The van der Waals surface area contributed by atoms with Gasteiger partial charge in [-0.25, -0.2) is 0 Å². The molecule has 0 aromatic heterocycles. The molecule has 0 spiro atoms. The molecule has 0 radical (unpaired) electrons. The smallest absolute Gasteiger partial charge is 0.306 e. The number of hydrogen-bond acceptors (Lipinski definition) is 8. The van der Waals surface area contributed by atoms with Gasteiger partial charge in [-0.3, -0.25) is 14.4 Å². The Morgan fingerprint density at radius 2 is 1.50 bits per heavy atom. The van der Waals surface area contributed by atoms with Crippen molar-refractivity contribution in [3.8, 4) is 0 Å². The van der Waals surface area contributed by atoms with Crippen molar-refractivity contribution in [3.63, 3.8) is 0 Å². The van der Waals surface area contributed by atoms with Crippen LogP contribution in [-0.4, -0.2) is 83.3 Å². The van der Waals surface area contributed by atoms with Gasteiger partial charge in [0.15, 0.2) is 6.10 Å². The third kappa shape index (κ3) is 16.0. The Labute approximate surface area is 253 Å². The second kappa shape index (κ2) is 21.6. The number of unbranched alkanes of at least 4 members (excludes halogenated alkanes) is 8. The Hall–Kier alpha value is -2.01. The third-order valence-electron chi connectivity index (χ3n) is 7.59. The lowest BCUT2D eigenvalue weighted by atomic mass is 10.00. The van der Waals surface area contributed by atoms with E-state index < -0.39 is 48.4 Å². The second-order valence-electron chi connectivity index (χ2n) is 12.4. The summed E-state index contributed by atoms with van der Waals surface area (Å²) in [6.07, 6.45) is 9.00. The molecule has 1 saturated heterocycles. The average molecular weight is 599 g/mol. The normalized spacial score (nSPS) is 20.7. The summed E-state index contributed by atoms with van der Waals surface area (Å²) in [6, 6.07) is -0.927. The number of ether oxygens (including phenoxy) is 2. The molecule has 1 aliphatic rings. The first-order valence-corrected chi connectivity index (χ1v) is 16.0. The van der Waals surface area contributed by atoms with Crippen molar-refractivity contribution in [2.75, 3.05) is 13.7 Å². The van der Waals surface area contributed by atoms with Gasteiger partial charge in [0.05, 0.1) is 6.54 Å². The molecule has 1 heterocycles.